The molecule has 7 heteroatoms. The average Bonchev–Trinajstić information content (AvgIpc) is 3.24. The first-order valence-electron chi connectivity index (χ1n) is 8.75. The molecule has 1 N–H and O–H groups in total. The van der Waals surface area contributed by atoms with E-state index in [-0.39, 0.29) is 18.5 Å². The van der Waals surface area contributed by atoms with Gasteiger partial charge in [0.15, 0.2) is 0 Å². The Morgan fingerprint density at radius 1 is 1.33 bits per heavy atom. The van der Waals surface area contributed by atoms with Crippen LogP contribution in [0.3, 0.4) is 0 Å². The highest BCUT2D eigenvalue weighted by atomic mass is 16.3. The molecule has 2 heterocycles. The van der Waals surface area contributed by atoms with E-state index in [0.717, 1.165) is 12.8 Å². The zero-order chi connectivity index (χ0) is 17.4. The van der Waals surface area contributed by atoms with Gasteiger partial charge < -0.3 is 10.0 Å². The van der Waals surface area contributed by atoms with Gasteiger partial charge in [-0.15, -0.1) is 5.10 Å². The van der Waals surface area contributed by atoms with E-state index in [1.54, 1.807) is 15.8 Å². The molecule has 0 aromatic carbocycles. The van der Waals surface area contributed by atoms with Crippen LogP contribution in [0.5, 0.6) is 0 Å². The number of hydrogen-bond acceptors (Lipinski definition) is 5. The summed E-state index contributed by atoms with van der Waals surface area (Å²) < 4.78 is 1.71. The van der Waals surface area contributed by atoms with Crippen molar-refractivity contribution >= 4 is 5.91 Å². The molecule has 0 radical (unpaired) electrons. The average molecular weight is 331 g/mol. The molecular formula is C17H25N5O2. The van der Waals surface area contributed by atoms with Crippen molar-refractivity contribution in [1.82, 2.24) is 19.9 Å². The van der Waals surface area contributed by atoms with Crippen molar-refractivity contribution in [1.29, 1.82) is 5.26 Å². The third-order valence-electron chi connectivity index (χ3n) is 5.35. The molecule has 1 saturated carbocycles. The molecule has 1 aliphatic carbocycles. The summed E-state index contributed by atoms with van der Waals surface area (Å²) in [6.07, 6.45) is 6.08. The molecule has 2 aliphatic rings. The van der Waals surface area contributed by atoms with Gasteiger partial charge in [-0.2, -0.15) is 5.26 Å². The molecule has 130 valence electrons. The lowest BCUT2D eigenvalue weighted by Gasteiger charge is -2.40. The van der Waals surface area contributed by atoms with Crippen molar-refractivity contribution in [3.8, 4) is 6.07 Å². The van der Waals surface area contributed by atoms with Crippen molar-refractivity contribution < 1.29 is 9.90 Å². The lowest BCUT2D eigenvalue weighted by Crippen LogP contribution is -2.52. The van der Waals surface area contributed by atoms with Gasteiger partial charge in [0.25, 0.3) is 0 Å². The van der Waals surface area contributed by atoms with Crippen molar-refractivity contribution in [2.24, 2.45) is 5.41 Å². The fraction of sp³-hybridized carbons (Fsp3) is 0.765. The van der Waals surface area contributed by atoms with Crippen LogP contribution in [0.25, 0.3) is 0 Å². The van der Waals surface area contributed by atoms with Crippen LogP contribution in [0, 0.1) is 16.7 Å². The zero-order valence-electron chi connectivity index (χ0n) is 14.4. The van der Waals surface area contributed by atoms with Gasteiger partial charge >= 0.3 is 0 Å². The number of aliphatic hydroxyl groups is 1. The fourth-order valence-corrected chi connectivity index (χ4v) is 3.82. The van der Waals surface area contributed by atoms with Crippen LogP contribution in [-0.2, 0) is 10.4 Å². The van der Waals surface area contributed by atoms with Crippen molar-refractivity contribution in [3.63, 3.8) is 0 Å². The Morgan fingerprint density at radius 2 is 2.04 bits per heavy atom. The van der Waals surface area contributed by atoms with Gasteiger partial charge in [0.05, 0.1) is 18.8 Å². The third-order valence-corrected chi connectivity index (χ3v) is 5.35. The lowest BCUT2D eigenvalue weighted by atomic mass is 9.83. The van der Waals surface area contributed by atoms with E-state index in [0.29, 0.717) is 37.9 Å². The Labute approximate surface area is 142 Å². The molecule has 1 atom stereocenters. The second kappa shape index (κ2) is 6.17. The van der Waals surface area contributed by atoms with E-state index < -0.39 is 11.0 Å². The highest BCUT2D eigenvalue weighted by Gasteiger charge is 2.47. The highest BCUT2D eigenvalue weighted by molar-refractivity contribution is 5.86. The maximum atomic E-state index is 12.9. The van der Waals surface area contributed by atoms with Gasteiger partial charge in [0, 0.05) is 12.6 Å². The number of carbonyl (C=O) groups is 1. The number of β-amino-alcohol motifs (C(OH)–C–C–N with tert-alkyl or cyclic N) is 1. The predicted octanol–water partition coefficient (Wildman–Crippen LogP) is 1.75. The molecule has 1 unspecified atom stereocenters. The molecule has 1 aromatic rings. The topological polar surface area (TPSA) is 95.0 Å². The number of aromatic nitrogens is 3. The quantitative estimate of drug-likeness (QED) is 0.910. The normalized spacial score (nSPS) is 26.5. The summed E-state index contributed by atoms with van der Waals surface area (Å²) in [5, 5.41) is 28.8. The number of nitriles is 1. The van der Waals surface area contributed by atoms with E-state index in [1.165, 1.54) is 0 Å². The number of carbonyl (C=O) groups excluding carboxylic acids is 1. The number of nitrogens with zero attached hydrogens (tertiary/aromatic N) is 5. The van der Waals surface area contributed by atoms with Gasteiger partial charge in [-0.1, -0.05) is 18.1 Å². The number of rotatable bonds is 3. The Hall–Kier alpha value is -1.94. The smallest absolute Gasteiger partial charge is 0.243 e. The Kier molecular flexibility index (Phi) is 4.35. The minimum Gasteiger partial charge on any atom is -0.382 e. The SMILES string of the molecule is CC(C)n1cc(C2(O)CCCN(C(=O)C3(C#N)CCCC3)C2)nn1. The van der Waals surface area contributed by atoms with Crippen LogP contribution in [0.1, 0.15) is 64.1 Å². The summed E-state index contributed by atoms with van der Waals surface area (Å²) in [6.45, 7) is 4.76. The molecule has 2 fully saturated rings. The molecule has 1 aromatic heterocycles. The minimum absolute atomic E-state index is 0.128. The molecule has 0 spiro atoms. The molecule has 1 aliphatic heterocycles. The largest absolute Gasteiger partial charge is 0.382 e. The summed E-state index contributed by atoms with van der Waals surface area (Å²) in [5.41, 5.74) is -1.57. The number of piperidine rings is 1. The summed E-state index contributed by atoms with van der Waals surface area (Å²) in [6, 6.07) is 2.42. The number of hydrogen-bond donors (Lipinski definition) is 1. The molecule has 0 bridgehead atoms. The van der Waals surface area contributed by atoms with E-state index in [9.17, 15) is 15.2 Å². The summed E-state index contributed by atoms with van der Waals surface area (Å²) in [4.78, 5) is 14.6. The molecule has 3 rings (SSSR count). The van der Waals surface area contributed by atoms with E-state index >= 15 is 0 Å². The molecule has 1 amide bonds. The van der Waals surface area contributed by atoms with Crippen LogP contribution in [0.2, 0.25) is 0 Å². The minimum atomic E-state index is -1.18. The maximum Gasteiger partial charge on any atom is 0.243 e. The second-order valence-corrected chi connectivity index (χ2v) is 7.44. The first kappa shape index (κ1) is 16.9. The summed E-state index contributed by atoms with van der Waals surface area (Å²) >= 11 is 0. The zero-order valence-corrected chi connectivity index (χ0v) is 14.4. The van der Waals surface area contributed by atoms with E-state index in [1.807, 2.05) is 13.8 Å². The first-order valence-corrected chi connectivity index (χ1v) is 8.75. The summed E-state index contributed by atoms with van der Waals surface area (Å²) in [7, 11) is 0. The Balaban J connectivity index is 1.80. The van der Waals surface area contributed by atoms with Gasteiger partial charge in [0.1, 0.15) is 16.7 Å². The molecule has 7 nitrogen and oxygen atoms in total. The van der Waals surface area contributed by atoms with Crippen LogP contribution in [0.15, 0.2) is 6.20 Å². The van der Waals surface area contributed by atoms with Crippen LogP contribution in [-0.4, -0.2) is 44.0 Å². The fourth-order valence-electron chi connectivity index (χ4n) is 3.82. The highest BCUT2D eigenvalue weighted by Crippen LogP contribution is 2.41. The summed E-state index contributed by atoms with van der Waals surface area (Å²) in [5.74, 6) is -0.128. The van der Waals surface area contributed by atoms with Crippen LogP contribution >= 0.6 is 0 Å². The van der Waals surface area contributed by atoms with Gasteiger partial charge in [-0.25, -0.2) is 4.68 Å². The second-order valence-electron chi connectivity index (χ2n) is 7.44. The third kappa shape index (κ3) is 2.80. The maximum absolute atomic E-state index is 12.9. The Morgan fingerprint density at radius 3 is 2.62 bits per heavy atom. The Bertz CT molecular complexity index is 656. The van der Waals surface area contributed by atoms with E-state index in [2.05, 4.69) is 16.4 Å². The molecule has 24 heavy (non-hydrogen) atoms. The molecular weight excluding hydrogens is 306 g/mol. The van der Waals surface area contributed by atoms with Crippen LogP contribution in [0.4, 0.5) is 0 Å². The first-order chi connectivity index (χ1) is 11.4. The van der Waals surface area contributed by atoms with Gasteiger partial charge in [0.2, 0.25) is 5.91 Å². The molecule has 1 saturated heterocycles. The number of likely N-dealkylation sites (tertiary alicyclic amines) is 1. The van der Waals surface area contributed by atoms with Gasteiger partial charge in [-0.05, 0) is 39.5 Å². The monoisotopic (exact) mass is 331 g/mol. The van der Waals surface area contributed by atoms with Crippen molar-refractivity contribution in [3.05, 3.63) is 11.9 Å². The standard InChI is InChI=1S/C17H25N5O2/c1-13(2)22-10-14(19-20-22)17(24)8-5-9-21(12-17)15(23)16(11-18)6-3-4-7-16/h10,13,24H,3-9,12H2,1-2H3. The van der Waals surface area contributed by atoms with E-state index in [4.69, 9.17) is 0 Å². The number of amides is 1. The van der Waals surface area contributed by atoms with Crippen molar-refractivity contribution in [2.75, 3.05) is 13.1 Å². The van der Waals surface area contributed by atoms with Crippen LogP contribution < -0.4 is 0 Å². The van der Waals surface area contributed by atoms with Crippen molar-refractivity contribution in [2.45, 2.75) is 64.0 Å². The predicted molar refractivity (Wildman–Crippen MR) is 86.6 cm³/mol. The van der Waals surface area contributed by atoms with Gasteiger partial charge in [-0.3, -0.25) is 4.79 Å². The lowest BCUT2D eigenvalue weighted by molar-refractivity contribution is -0.146.